The van der Waals surface area contributed by atoms with Gasteiger partial charge in [-0.2, -0.15) is 11.8 Å². The molecule has 0 bridgehead atoms. The number of benzene rings is 1. The molecule has 0 radical (unpaired) electrons. The van der Waals surface area contributed by atoms with Crippen LogP contribution in [-0.4, -0.2) is 34.4 Å². The minimum atomic E-state index is -0.465. The zero-order valence-corrected chi connectivity index (χ0v) is 12.7. The van der Waals surface area contributed by atoms with Crippen molar-refractivity contribution in [2.45, 2.75) is 25.1 Å². The molecule has 1 aliphatic heterocycles. The summed E-state index contributed by atoms with van der Waals surface area (Å²) in [4.78, 5) is 14.1. The highest BCUT2D eigenvalue weighted by molar-refractivity contribution is 9.10. The molecule has 1 aromatic rings. The summed E-state index contributed by atoms with van der Waals surface area (Å²) in [6.45, 7) is 4.81. The van der Waals surface area contributed by atoms with Crippen molar-refractivity contribution in [2.24, 2.45) is 0 Å². The highest BCUT2D eigenvalue weighted by Gasteiger charge is 2.30. The maximum Gasteiger partial charge on any atom is 0.257 e. The summed E-state index contributed by atoms with van der Waals surface area (Å²) >= 11 is 5.05. The minimum absolute atomic E-state index is 0.138. The van der Waals surface area contributed by atoms with Crippen molar-refractivity contribution in [1.82, 2.24) is 4.90 Å². The van der Waals surface area contributed by atoms with E-state index in [0.29, 0.717) is 16.3 Å². The van der Waals surface area contributed by atoms with Crippen LogP contribution in [0.4, 0.5) is 4.39 Å². The van der Waals surface area contributed by atoms with Gasteiger partial charge < -0.3 is 4.90 Å². The number of nitrogens with zero attached hydrogens (tertiary/aromatic N) is 1. The second-order valence-electron chi connectivity index (χ2n) is 4.44. The smallest absolute Gasteiger partial charge is 0.257 e. The van der Waals surface area contributed by atoms with Crippen LogP contribution in [0.2, 0.25) is 0 Å². The summed E-state index contributed by atoms with van der Waals surface area (Å²) in [5.41, 5.74) is 0.157. The molecule has 0 aliphatic carbocycles. The molecule has 1 amide bonds. The summed E-state index contributed by atoms with van der Waals surface area (Å²) in [7, 11) is 0. The predicted octanol–water partition coefficient (Wildman–Crippen LogP) is 3.55. The van der Waals surface area contributed by atoms with Gasteiger partial charge in [-0.25, -0.2) is 4.39 Å². The Morgan fingerprint density at radius 2 is 2.22 bits per heavy atom. The van der Waals surface area contributed by atoms with Crippen LogP contribution in [0.3, 0.4) is 0 Å². The van der Waals surface area contributed by atoms with Crippen LogP contribution in [0.1, 0.15) is 24.2 Å². The van der Waals surface area contributed by atoms with Gasteiger partial charge in [0, 0.05) is 28.1 Å². The van der Waals surface area contributed by atoms with E-state index in [1.807, 2.05) is 18.7 Å². The number of thioether (sulfide) groups is 1. The van der Waals surface area contributed by atoms with Crippen LogP contribution in [0, 0.1) is 5.82 Å². The fourth-order valence-electron chi connectivity index (χ4n) is 2.04. The van der Waals surface area contributed by atoms with Crippen molar-refractivity contribution < 1.29 is 9.18 Å². The Kier molecular flexibility index (Phi) is 4.33. The lowest BCUT2D eigenvalue weighted by Crippen LogP contribution is -2.48. The van der Waals surface area contributed by atoms with Crippen molar-refractivity contribution in [3.8, 4) is 0 Å². The topological polar surface area (TPSA) is 20.3 Å². The molecule has 98 valence electrons. The summed E-state index contributed by atoms with van der Waals surface area (Å²) in [6.07, 6.45) is 0. The van der Waals surface area contributed by atoms with Gasteiger partial charge in [-0.3, -0.25) is 4.79 Å². The Morgan fingerprint density at radius 3 is 2.89 bits per heavy atom. The zero-order chi connectivity index (χ0) is 13.3. The van der Waals surface area contributed by atoms with Gasteiger partial charge in [-0.15, -0.1) is 0 Å². The number of hydrogen-bond donors (Lipinski definition) is 0. The first-order valence-corrected chi connectivity index (χ1v) is 7.72. The molecule has 5 heteroatoms. The largest absolute Gasteiger partial charge is 0.334 e. The highest BCUT2D eigenvalue weighted by Crippen LogP contribution is 2.26. The van der Waals surface area contributed by atoms with Gasteiger partial charge in [0.15, 0.2) is 0 Å². The van der Waals surface area contributed by atoms with Crippen LogP contribution in [0.15, 0.2) is 22.7 Å². The lowest BCUT2D eigenvalue weighted by molar-refractivity contribution is 0.0693. The first-order valence-electron chi connectivity index (χ1n) is 5.88. The number of carbonyl (C=O) groups is 1. The van der Waals surface area contributed by atoms with Crippen molar-refractivity contribution in [1.29, 1.82) is 0 Å². The average molecular weight is 332 g/mol. The van der Waals surface area contributed by atoms with E-state index in [1.165, 1.54) is 6.07 Å². The van der Waals surface area contributed by atoms with E-state index in [4.69, 9.17) is 0 Å². The minimum Gasteiger partial charge on any atom is -0.334 e. The lowest BCUT2D eigenvalue weighted by Gasteiger charge is -2.37. The first-order chi connectivity index (χ1) is 8.50. The highest BCUT2D eigenvalue weighted by atomic mass is 79.9. The number of carbonyl (C=O) groups excluding carboxylic acids is 1. The van der Waals surface area contributed by atoms with E-state index in [0.717, 1.165) is 5.75 Å². The molecule has 1 saturated heterocycles. The Balaban J connectivity index is 2.25. The van der Waals surface area contributed by atoms with Crippen molar-refractivity contribution in [3.63, 3.8) is 0 Å². The van der Waals surface area contributed by atoms with E-state index >= 15 is 0 Å². The SMILES string of the molecule is CC1SCCN(C(=O)c2ccc(Br)cc2F)C1C. The second-order valence-corrected chi connectivity index (χ2v) is 6.84. The van der Waals surface area contributed by atoms with Crippen LogP contribution >= 0.6 is 27.7 Å². The maximum absolute atomic E-state index is 13.8. The molecule has 1 aliphatic rings. The summed E-state index contributed by atoms with van der Waals surface area (Å²) in [5.74, 6) is 0.238. The molecule has 2 unspecified atom stereocenters. The number of amides is 1. The third-order valence-corrected chi connectivity index (χ3v) is 5.14. The molecule has 1 aromatic carbocycles. The molecule has 0 aromatic heterocycles. The number of hydrogen-bond acceptors (Lipinski definition) is 2. The molecule has 0 spiro atoms. The molecule has 0 N–H and O–H groups in total. The fourth-order valence-corrected chi connectivity index (χ4v) is 3.47. The van der Waals surface area contributed by atoms with Crippen LogP contribution in [-0.2, 0) is 0 Å². The third kappa shape index (κ3) is 2.72. The van der Waals surface area contributed by atoms with Gasteiger partial charge in [-0.1, -0.05) is 22.9 Å². The van der Waals surface area contributed by atoms with Gasteiger partial charge in [0.2, 0.25) is 0 Å². The molecule has 1 fully saturated rings. The standard InChI is InChI=1S/C13H15BrFNOS/c1-8-9(2)18-6-5-16(8)13(17)11-4-3-10(14)7-12(11)15/h3-4,7-9H,5-6H2,1-2H3. The van der Waals surface area contributed by atoms with Gasteiger partial charge in [0.1, 0.15) is 5.82 Å². The van der Waals surface area contributed by atoms with Crippen molar-refractivity contribution >= 4 is 33.6 Å². The Hall–Kier alpha value is -0.550. The van der Waals surface area contributed by atoms with Gasteiger partial charge >= 0.3 is 0 Å². The van der Waals surface area contributed by atoms with Crippen molar-refractivity contribution in [2.75, 3.05) is 12.3 Å². The lowest BCUT2D eigenvalue weighted by atomic mass is 10.1. The van der Waals surface area contributed by atoms with E-state index in [2.05, 4.69) is 22.9 Å². The Bertz CT molecular complexity index is 468. The molecule has 2 nitrogen and oxygen atoms in total. The Morgan fingerprint density at radius 1 is 1.50 bits per heavy atom. The predicted molar refractivity (Wildman–Crippen MR) is 76.5 cm³/mol. The molecule has 2 rings (SSSR count). The normalized spacial score (nSPS) is 24.1. The molecule has 0 saturated carbocycles. The number of rotatable bonds is 1. The maximum atomic E-state index is 13.8. The summed E-state index contributed by atoms with van der Waals surface area (Å²) in [6, 6.07) is 4.71. The fraction of sp³-hybridized carbons (Fsp3) is 0.462. The van der Waals surface area contributed by atoms with E-state index in [-0.39, 0.29) is 17.5 Å². The summed E-state index contributed by atoms with van der Waals surface area (Å²) in [5, 5.41) is 0.390. The number of halogens is 2. The van der Waals surface area contributed by atoms with Gasteiger partial charge in [0.05, 0.1) is 5.56 Å². The molecular formula is C13H15BrFNOS. The second kappa shape index (κ2) is 5.61. The molecule has 1 heterocycles. The quantitative estimate of drug-likeness (QED) is 0.784. The average Bonchev–Trinajstić information content (AvgIpc) is 2.32. The van der Waals surface area contributed by atoms with Crippen LogP contribution in [0.5, 0.6) is 0 Å². The van der Waals surface area contributed by atoms with E-state index in [9.17, 15) is 9.18 Å². The molecule has 18 heavy (non-hydrogen) atoms. The third-order valence-electron chi connectivity index (χ3n) is 3.31. The van der Waals surface area contributed by atoms with E-state index < -0.39 is 5.82 Å². The Labute approximate surface area is 119 Å². The molecule has 2 atom stereocenters. The summed E-state index contributed by atoms with van der Waals surface area (Å²) < 4.78 is 14.4. The van der Waals surface area contributed by atoms with E-state index in [1.54, 1.807) is 17.0 Å². The monoisotopic (exact) mass is 331 g/mol. The van der Waals surface area contributed by atoms with Gasteiger partial charge in [-0.05, 0) is 25.1 Å². The molecular weight excluding hydrogens is 317 g/mol. The van der Waals surface area contributed by atoms with Crippen molar-refractivity contribution in [3.05, 3.63) is 34.1 Å². The van der Waals surface area contributed by atoms with Crippen LogP contribution in [0.25, 0.3) is 0 Å². The van der Waals surface area contributed by atoms with Gasteiger partial charge in [0.25, 0.3) is 5.91 Å². The van der Waals surface area contributed by atoms with Crippen LogP contribution < -0.4 is 0 Å². The first kappa shape index (κ1) is 13.9. The zero-order valence-electron chi connectivity index (χ0n) is 10.3.